The molecular weight excluding hydrogens is 300 g/mol. The molecule has 4 heteroatoms. The number of benzene rings is 1. The van der Waals surface area contributed by atoms with Crippen LogP contribution in [-0.2, 0) is 26.6 Å². The van der Waals surface area contributed by atoms with Gasteiger partial charge in [0.05, 0.1) is 19.4 Å². The average Bonchev–Trinajstić information content (AvgIpc) is 3.26. The topological polar surface area (TPSA) is 38.4 Å². The van der Waals surface area contributed by atoms with Gasteiger partial charge in [-0.3, -0.25) is 4.79 Å². The van der Waals surface area contributed by atoms with Gasteiger partial charge < -0.3 is 13.9 Å². The van der Waals surface area contributed by atoms with Crippen molar-refractivity contribution in [2.24, 2.45) is 7.05 Å². The number of amides is 1. The van der Waals surface area contributed by atoms with Crippen molar-refractivity contribution < 1.29 is 9.21 Å². The Morgan fingerprint density at radius 3 is 2.46 bits per heavy atom. The van der Waals surface area contributed by atoms with Crippen molar-refractivity contribution in [1.82, 2.24) is 9.47 Å². The van der Waals surface area contributed by atoms with Crippen LogP contribution in [0.25, 0.3) is 0 Å². The lowest BCUT2D eigenvalue weighted by molar-refractivity contribution is 0.0714. The minimum atomic E-state index is 0.00949. The van der Waals surface area contributed by atoms with E-state index in [9.17, 15) is 4.79 Å². The maximum atomic E-state index is 13.0. The maximum absolute atomic E-state index is 13.0. The van der Waals surface area contributed by atoms with Crippen LogP contribution in [0.4, 0.5) is 0 Å². The first-order chi connectivity index (χ1) is 11.7. The molecule has 0 saturated carbocycles. The van der Waals surface area contributed by atoms with Gasteiger partial charge in [-0.2, -0.15) is 0 Å². The number of carbonyl (C=O) groups is 1. The number of nitrogens with zero attached hydrogens (tertiary/aromatic N) is 2. The number of carbonyl (C=O) groups excluding carboxylic acids is 1. The highest BCUT2D eigenvalue weighted by atomic mass is 16.3. The normalized spacial score (nSPS) is 10.8. The van der Waals surface area contributed by atoms with Crippen LogP contribution < -0.4 is 0 Å². The first-order valence-electron chi connectivity index (χ1n) is 8.18. The summed E-state index contributed by atoms with van der Waals surface area (Å²) in [6, 6.07) is 15.6. The Balaban J connectivity index is 1.84. The van der Waals surface area contributed by atoms with E-state index in [1.807, 2.05) is 71.2 Å². The van der Waals surface area contributed by atoms with Gasteiger partial charge in [0, 0.05) is 24.5 Å². The summed E-state index contributed by atoms with van der Waals surface area (Å²) in [7, 11) is 1.99. The average molecular weight is 322 g/mol. The minimum Gasteiger partial charge on any atom is -0.467 e. The van der Waals surface area contributed by atoms with E-state index in [0.717, 1.165) is 17.9 Å². The molecule has 0 aliphatic rings. The van der Waals surface area contributed by atoms with Crippen LogP contribution in [0, 0.1) is 0 Å². The summed E-state index contributed by atoms with van der Waals surface area (Å²) in [5.41, 5.74) is 3.01. The Labute approximate surface area is 142 Å². The lowest BCUT2D eigenvalue weighted by Crippen LogP contribution is -2.30. The predicted molar refractivity (Wildman–Crippen MR) is 93.5 cm³/mol. The van der Waals surface area contributed by atoms with E-state index in [2.05, 4.69) is 6.92 Å². The zero-order valence-corrected chi connectivity index (χ0v) is 14.1. The second-order valence-electron chi connectivity index (χ2n) is 5.90. The van der Waals surface area contributed by atoms with Crippen LogP contribution in [-0.4, -0.2) is 15.4 Å². The zero-order chi connectivity index (χ0) is 16.9. The highest BCUT2D eigenvalue weighted by molar-refractivity contribution is 5.94. The van der Waals surface area contributed by atoms with E-state index in [1.165, 1.54) is 5.56 Å². The number of aryl methyl sites for hydroxylation is 2. The monoisotopic (exact) mass is 322 g/mol. The number of hydrogen-bond donors (Lipinski definition) is 0. The molecule has 0 saturated heterocycles. The first-order valence-corrected chi connectivity index (χ1v) is 8.18. The van der Waals surface area contributed by atoms with Gasteiger partial charge in [0.1, 0.15) is 5.76 Å². The molecule has 0 bridgehead atoms. The minimum absolute atomic E-state index is 0.00949. The lowest BCUT2D eigenvalue weighted by Gasteiger charge is -2.22. The molecule has 0 aliphatic heterocycles. The molecule has 2 aromatic heterocycles. The summed E-state index contributed by atoms with van der Waals surface area (Å²) in [5, 5.41) is 0. The van der Waals surface area contributed by atoms with Crippen LogP contribution in [0.1, 0.15) is 34.3 Å². The van der Waals surface area contributed by atoms with Crippen LogP contribution >= 0.6 is 0 Å². The highest BCUT2D eigenvalue weighted by Gasteiger charge is 2.18. The van der Waals surface area contributed by atoms with Crippen molar-refractivity contribution in [2.75, 3.05) is 0 Å². The molecule has 0 atom stereocenters. The first kappa shape index (κ1) is 16.1. The summed E-state index contributed by atoms with van der Waals surface area (Å²) in [6.07, 6.45) is 4.59. The van der Waals surface area contributed by atoms with E-state index in [-0.39, 0.29) is 5.91 Å². The Bertz CT molecular complexity index is 785. The fraction of sp³-hybridized carbons (Fsp3) is 0.250. The van der Waals surface area contributed by atoms with Crippen molar-refractivity contribution in [3.05, 3.63) is 83.6 Å². The SMILES string of the molecule is CCc1ccc(C(=O)N(Cc2ccco2)Cc2cccn2C)cc1. The van der Waals surface area contributed by atoms with Gasteiger partial charge in [-0.1, -0.05) is 19.1 Å². The van der Waals surface area contributed by atoms with E-state index in [0.29, 0.717) is 18.7 Å². The van der Waals surface area contributed by atoms with Crippen molar-refractivity contribution >= 4 is 5.91 Å². The molecule has 4 nitrogen and oxygen atoms in total. The molecule has 1 aromatic carbocycles. The standard InChI is InChI=1S/C20H22N2O2/c1-3-16-8-10-17(11-9-16)20(23)22(15-19-7-5-13-24-19)14-18-6-4-12-21(18)2/h4-13H,3,14-15H2,1-2H3. The van der Waals surface area contributed by atoms with E-state index in [1.54, 1.807) is 6.26 Å². The van der Waals surface area contributed by atoms with Gasteiger partial charge in [0.25, 0.3) is 5.91 Å². The summed E-state index contributed by atoms with van der Waals surface area (Å²) < 4.78 is 7.47. The van der Waals surface area contributed by atoms with E-state index < -0.39 is 0 Å². The summed E-state index contributed by atoms with van der Waals surface area (Å²) in [4.78, 5) is 14.8. The van der Waals surface area contributed by atoms with Crippen LogP contribution in [0.3, 0.4) is 0 Å². The molecule has 0 N–H and O–H groups in total. The van der Waals surface area contributed by atoms with Crippen LogP contribution in [0.15, 0.2) is 65.4 Å². The molecule has 24 heavy (non-hydrogen) atoms. The maximum Gasteiger partial charge on any atom is 0.254 e. The van der Waals surface area contributed by atoms with Crippen LogP contribution in [0.2, 0.25) is 0 Å². The second-order valence-corrected chi connectivity index (χ2v) is 5.90. The highest BCUT2D eigenvalue weighted by Crippen LogP contribution is 2.15. The van der Waals surface area contributed by atoms with Gasteiger partial charge in [0.2, 0.25) is 0 Å². The summed E-state index contributed by atoms with van der Waals surface area (Å²) in [6.45, 7) is 3.10. The van der Waals surface area contributed by atoms with Gasteiger partial charge >= 0.3 is 0 Å². The molecule has 0 radical (unpaired) electrons. The van der Waals surface area contributed by atoms with Crippen molar-refractivity contribution in [3.8, 4) is 0 Å². The number of hydrogen-bond acceptors (Lipinski definition) is 2. The number of aromatic nitrogens is 1. The third kappa shape index (κ3) is 3.59. The van der Waals surface area contributed by atoms with Gasteiger partial charge in [0.15, 0.2) is 0 Å². The molecule has 0 spiro atoms. The number of rotatable bonds is 6. The Hall–Kier alpha value is -2.75. The van der Waals surface area contributed by atoms with E-state index >= 15 is 0 Å². The third-order valence-electron chi connectivity index (χ3n) is 4.23. The predicted octanol–water partition coefficient (Wildman–Crippen LogP) is 4.02. The quantitative estimate of drug-likeness (QED) is 0.687. The largest absolute Gasteiger partial charge is 0.467 e. The Kier molecular flexibility index (Phi) is 4.85. The molecule has 2 heterocycles. The Morgan fingerprint density at radius 2 is 1.88 bits per heavy atom. The molecule has 3 aromatic rings. The summed E-state index contributed by atoms with van der Waals surface area (Å²) >= 11 is 0. The molecule has 0 unspecified atom stereocenters. The molecule has 0 aliphatic carbocycles. The smallest absolute Gasteiger partial charge is 0.254 e. The zero-order valence-electron chi connectivity index (χ0n) is 14.1. The van der Waals surface area contributed by atoms with Gasteiger partial charge in [-0.25, -0.2) is 0 Å². The van der Waals surface area contributed by atoms with Crippen molar-refractivity contribution in [3.63, 3.8) is 0 Å². The van der Waals surface area contributed by atoms with Crippen LogP contribution in [0.5, 0.6) is 0 Å². The molecule has 3 rings (SSSR count). The fourth-order valence-electron chi connectivity index (χ4n) is 2.71. The van der Waals surface area contributed by atoms with Gasteiger partial charge in [-0.05, 0) is 48.4 Å². The third-order valence-corrected chi connectivity index (χ3v) is 4.23. The second kappa shape index (κ2) is 7.21. The number of furan rings is 1. The molecular formula is C20H22N2O2. The van der Waals surface area contributed by atoms with Crippen molar-refractivity contribution in [2.45, 2.75) is 26.4 Å². The fourth-order valence-corrected chi connectivity index (χ4v) is 2.71. The molecule has 1 amide bonds. The Morgan fingerprint density at radius 1 is 1.08 bits per heavy atom. The molecule has 124 valence electrons. The van der Waals surface area contributed by atoms with Crippen molar-refractivity contribution in [1.29, 1.82) is 0 Å². The summed E-state index contributed by atoms with van der Waals surface area (Å²) in [5.74, 6) is 0.790. The van der Waals surface area contributed by atoms with E-state index in [4.69, 9.17) is 4.42 Å². The molecule has 0 fully saturated rings. The lowest BCUT2D eigenvalue weighted by atomic mass is 10.1. The van der Waals surface area contributed by atoms with Gasteiger partial charge in [-0.15, -0.1) is 0 Å².